The van der Waals surface area contributed by atoms with Gasteiger partial charge in [0.15, 0.2) is 0 Å². The summed E-state index contributed by atoms with van der Waals surface area (Å²) < 4.78 is 14.8. The van der Waals surface area contributed by atoms with Gasteiger partial charge in [0.1, 0.15) is 11.5 Å². The lowest BCUT2D eigenvalue weighted by molar-refractivity contribution is -0.139. The Bertz CT molecular complexity index is 1290. The number of hydrogen-bond acceptors (Lipinski definition) is 10. The molecule has 5 rings (SSSR count). The van der Waals surface area contributed by atoms with Crippen molar-refractivity contribution < 1.29 is 48.1 Å². The zero-order valence-corrected chi connectivity index (χ0v) is 20.2. The van der Waals surface area contributed by atoms with Gasteiger partial charge in [-0.2, -0.15) is 9.80 Å². The van der Waals surface area contributed by atoms with Gasteiger partial charge in [-0.1, -0.05) is 17.7 Å². The van der Waals surface area contributed by atoms with Crippen molar-refractivity contribution in [3.63, 3.8) is 0 Å². The van der Waals surface area contributed by atoms with Gasteiger partial charge in [-0.15, -0.1) is 0 Å². The van der Waals surface area contributed by atoms with E-state index in [1.165, 1.54) is 19.2 Å². The Morgan fingerprint density at radius 1 is 0.838 bits per heavy atom. The number of carbonyl (C=O) groups excluding carboxylic acids is 6. The molecule has 1 N–H and O–H groups in total. The number of phenols is 1. The third-order valence-electron chi connectivity index (χ3n) is 7.91. The fourth-order valence-electron chi connectivity index (χ4n) is 6.44. The van der Waals surface area contributed by atoms with E-state index in [2.05, 4.69) is 9.47 Å². The summed E-state index contributed by atoms with van der Waals surface area (Å²) in [6.07, 6.45) is -0.282. The molecule has 4 aliphatic rings. The summed E-state index contributed by atoms with van der Waals surface area (Å²) in [6, 6.07) is 4.33. The number of nitrogens with zero attached hydrogens (tertiary/aromatic N) is 2. The monoisotopic (exact) mass is 512 g/mol. The number of benzene rings is 1. The first kappa shape index (κ1) is 24.5. The molecule has 12 nitrogen and oxygen atoms in total. The molecule has 2 saturated heterocycles. The van der Waals surface area contributed by atoms with Gasteiger partial charge < -0.3 is 19.3 Å². The van der Waals surface area contributed by atoms with Crippen molar-refractivity contribution in [1.29, 1.82) is 0 Å². The largest absolute Gasteiger partial charge is 0.508 e. The van der Waals surface area contributed by atoms with Crippen LogP contribution in [0.4, 0.5) is 9.59 Å². The van der Waals surface area contributed by atoms with Crippen LogP contribution in [0.1, 0.15) is 24.3 Å². The highest BCUT2D eigenvalue weighted by molar-refractivity contribution is 6.17. The minimum atomic E-state index is -1.11. The normalized spacial score (nSPS) is 30.4. The molecule has 194 valence electrons. The number of imide groups is 6. The van der Waals surface area contributed by atoms with Gasteiger partial charge in [0.05, 0.1) is 45.0 Å². The number of ether oxygens (including phenoxy) is 3. The standard InChI is InChI=1S/C25H24N2O10/c1-35-16-8-10(28)4-5-12(16)17-11-6-7-13-18(22(31)26(20(13)29)24(33)36-2)14(11)9-15-19(17)23(32)27(21(15)30)25(34)37-3/h4-6,8,13-15,17-19,28H,7,9H2,1-3H3/t13-,14+,15+,17+,18-,19+/m0/s1. The molecule has 0 bridgehead atoms. The van der Waals surface area contributed by atoms with E-state index in [1.54, 1.807) is 12.1 Å². The van der Waals surface area contributed by atoms with Crippen molar-refractivity contribution in [3.8, 4) is 11.5 Å². The van der Waals surface area contributed by atoms with Gasteiger partial charge in [0, 0.05) is 17.5 Å². The lowest BCUT2D eigenvalue weighted by Crippen LogP contribution is -2.43. The number of allylic oxidation sites excluding steroid dienone is 2. The van der Waals surface area contributed by atoms with Crippen LogP contribution in [0.2, 0.25) is 0 Å². The number of fused-ring (bicyclic) bond motifs is 4. The van der Waals surface area contributed by atoms with Crippen LogP contribution < -0.4 is 4.74 Å². The van der Waals surface area contributed by atoms with Crippen LogP contribution in [0.15, 0.2) is 29.8 Å². The summed E-state index contributed by atoms with van der Waals surface area (Å²) in [4.78, 5) is 78.7. The summed E-state index contributed by atoms with van der Waals surface area (Å²) in [5.41, 5.74) is 1.10. The lowest BCUT2D eigenvalue weighted by Gasteiger charge is -2.44. The predicted octanol–water partition coefficient (Wildman–Crippen LogP) is 1.57. The number of phenolic OH excluding ortho intramolecular Hbond substituents is 1. The van der Waals surface area contributed by atoms with Crippen LogP contribution in [-0.2, 0) is 28.7 Å². The van der Waals surface area contributed by atoms with E-state index in [1.807, 2.05) is 0 Å². The average molecular weight is 512 g/mol. The number of aromatic hydroxyl groups is 1. The molecule has 0 spiro atoms. The van der Waals surface area contributed by atoms with Crippen molar-refractivity contribution in [1.82, 2.24) is 9.80 Å². The molecule has 6 atom stereocenters. The summed E-state index contributed by atoms with van der Waals surface area (Å²) in [7, 11) is 3.51. The van der Waals surface area contributed by atoms with E-state index in [9.17, 15) is 33.9 Å². The number of rotatable bonds is 2. The topological polar surface area (TPSA) is 157 Å². The van der Waals surface area contributed by atoms with E-state index in [4.69, 9.17) is 4.74 Å². The number of methoxy groups -OCH3 is 3. The Morgan fingerprint density at radius 2 is 1.43 bits per heavy atom. The van der Waals surface area contributed by atoms with Crippen LogP contribution in [0.3, 0.4) is 0 Å². The fourth-order valence-corrected chi connectivity index (χ4v) is 6.44. The molecule has 1 aromatic rings. The van der Waals surface area contributed by atoms with Gasteiger partial charge in [-0.05, 0) is 24.8 Å². The highest BCUT2D eigenvalue weighted by Gasteiger charge is 2.64. The minimum absolute atomic E-state index is 0.0145. The molecule has 0 aromatic heterocycles. The average Bonchev–Trinajstić information content (AvgIpc) is 3.30. The Morgan fingerprint density at radius 3 is 2.03 bits per heavy atom. The SMILES string of the molecule is COC(=O)N1C(=O)[C@H]2[C@H](CC=C3[C@H]2C[C@H]2C(=O)N(C(=O)OC)C(=O)[C@H]2[C@H]3c2ccc(O)cc2OC)C1=O. The number of carbonyl (C=O) groups is 6. The van der Waals surface area contributed by atoms with Gasteiger partial charge >= 0.3 is 12.2 Å². The summed E-state index contributed by atoms with van der Waals surface area (Å²) in [5, 5.41) is 10.0. The summed E-state index contributed by atoms with van der Waals surface area (Å²) >= 11 is 0. The molecular formula is C25H24N2O10. The number of amides is 6. The second kappa shape index (κ2) is 8.71. The van der Waals surface area contributed by atoms with Crippen LogP contribution in [-0.4, -0.2) is 72.1 Å². The molecular weight excluding hydrogens is 488 g/mol. The molecule has 2 aliphatic carbocycles. The van der Waals surface area contributed by atoms with Crippen molar-refractivity contribution in [2.75, 3.05) is 21.3 Å². The molecule has 1 aromatic carbocycles. The molecule has 37 heavy (non-hydrogen) atoms. The van der Waals surface area contributed by atoms with Crippen LogP contribution >= 0.6 is 0 Å². The Labute approximate surface area is 210 Å². The molecule has 1 saturated carbocycles. The maximum Gasteiger partial charge on any atom is 0.423 e. The third-order valence-corrected chi connectivity index (χ3v) is 7.91. The zero-order valence-electron chi connectivity index (χ0n) is 20.2. The molecule has 3 fully saturated rings. The third kappa shape index (κ3) is 3.35. The Kier molecular flexibility index (Phi) is 5.76. The molecule has 2 aliphatic heterocycles. The zero-order chi connectivity index (χ0) is 26.8. The molecule has 0 radical (unpaired) electrons. The molecule has 6 amide bonds. The van der Waals surface area contributed by atoms with Crippen molar-refractivity contribution in [2.24, 2.45) is 29.6 Å². The number of hydrogen-bond donors (Lipinski definition) is 1. The highest BCUT2D eigenvalue weighted by Crippen LogP contribution is 2.59. The summed E-state index contributed by atoms with van der Waals surface area (Å²) in [6.45, 7) is 0. The maximum atomic E-state index is 13.5. The predicted molar refractivity (Wildman–Crippen MR) is 121 cm³/mol. The van der Waals surface area contributed by atoms with Crippen LogP contribution in [0.5, 0.6) is 11.5 Å². The van der Waals surface area contributed by atoms with E-state index >= 15 is 0 Å². The molecule has 0 unspecified atom stereocenters. The Hall–Kier alpha value is -4.22. The van der Waals surface area contributed by atoms with E-state index in [-0.39, 0.29) is 24.3 Å². The second-order valence-electron chi connectivity index (χ2n) is 9.41. The van der Waals surface area contributed by atoms with Crippen LogP contribution in [0.25, 0.3) is 0 Å². The minimum Gasteiger partial charge on any atom is -0.508 e. The Balaban J connectivity index is 1.67. The van der Waals surface area contributed by atoms with E-state index in [0.29, 0.717) is 20.9 Å². The quantitative estimate of drug-likeness (QED) is 0.456. The van der Waals surface area contributed by atoms with Crippen LogP contribution in [0, 0.1) is 29.6 Å². The van der Waals surface area contributed by atoms with Crippen molar-refractivity contribution >= 4 is 35.8 Å². The highest BCUT2D eigenvalue weighted by atomic mass is 16.5. The first-order valence-corrected chi connectivity index (χ1v) is 11.6. The number of likely N-dealkylation sites (tertiary alicyclic amines) is 2. The first-order chi connectivity index (χ1) is 17.7. The maximum absolute atomic E-state index is 13.5. The second-order valence-corrected chi connectivity index (χ2v) is 9.41. The smallest absolute Gasteiger partial charge is 0.423 e. The van der Waals surface area contributed by atoms with Gasteiger partial charge in [0.25, 0.3) is 0 Å². The van der Waals surface area contributed by atoms with Crippen molar-refractivity contribution in [3.05, 3.63) is 35.4 Å². The van der Waals surface area contributed by atoms with E-state index < -0.39 is 71.3 Å². The van der Waals surface area contributed by atoms with Gasteiger partial charge in [-0.25, -0.2) is 9.59 Å². The fraction of sp³-hybridized carbons (Fsp3) is 0.440. The molecule has 12 heteroatoms. The molecule has 2 heterocycles. The van der Waals surface area contributed by atoms with Gasteiger partial charge in [-0.3, -0.25) is 19.2 Å². The first-order valence-electron chi connectivity index (χ1n) is 11.6. The van der Waals surface area contributed by atoms with Crippen molar-refractivity contribution in [2.45, 2.75) is 18.8 Å². The lowest BCUT2D eigenvalue weighted by atomic mass is 9.57. The van der Waals surface area contributed by atoms with Gasteiger partial charge in [0.2, 0.25) is 23.6 Å². The van der Waals surface area contributed by atoms with E-state index in [0.717, 1.165) is 14.2 Å². The summed E-state index contributed by atoms with van der Waals surface area (Å²) in [5.74, 6) is -8.01.